The fraction of sp³-hybridized carbons (Fsp3) is 0.941. The first-order valence-corrected chi connectivity index (χ1v) is 8.64. The van der Waals surface area contributed by atoms with Gasteiger partial charge in [-0.2, -0.15) is 0 Å². The molecule has 3 N–H and O–H groups in total. The molecule has 0 radical (unpaired) electrons. The van der Waals surface area contributed by atoms with Crippen LogP contribution in [0.1, 0.15) is 59.3 Å². The minimum atomic E-state index is -0.639. The molecule has 4 heteroatoms. The molecule has 0 aromatic carbocycles. The molecule has 0 saturated heterocycles. The zero-order valence-electron chi connectivity index (χ0n) is 13.9. The average molecular weight is 296 g/mol. The number of amides is 1. The van der Waals surface area contributed by atoms with Crippen LogP contribution in [-0.4, -0.2) is 30.7 Å². The molecule has 3 atom stereocenters. The normalized spacial score (nSPS) is 32.6. The van der Waals surface area contributed by atoms with Gasteiger partial charge in [0.2, 0.25) is 5.91 Å². The molecule has 2 saturated carbocycles. The van der Waals surface area contributed by atoms with E-state index in [2.05, 4.69) is 26.1 Å². The van der Waals surface area contributed by atoms with E-state index in [1.165, 1.54) is 6.42 Å². The Bertz CT molecular complexity index is 347. The third-order valence-electron chi connectivity index (χ3n) is 5.09. The standard InChI is InChI=1S/C17H32N2O2/c1-4-7-19-17(16(18)20,14-5-6-14)11-21-15-9-12(2)8-13(3)10-15/h12-15,19H,4-11H2,1-3H3,(H2,18,20). The van der Waals surface area contributed by atoms with E-state index in [1.807, 2.05) is 0 Å². The van der Waals surface area contributed by atoms with E-state index in [0.29, 0.717) is 24.4 Å². The van der Waals surface area contributed by atoms with Gasteiger partial charge >= 0.3 is 0 Å². The molecule has 2 fully saturated rings. The molecule has 0 spiro atoms. The van der Waals surface area contributed by atoms with Gasteiger partial charge in [-0.3, -0.25) is 4.79 Å². The quantitative estimate of drug-likeness (QED) is 0.723. The summed E-state index contributed by atoms with van der Waals surface area (Å²) in [4.78, 5) is 12.1. The molecule has 1 amide bonds. The molecular weight excluding hydrogens is 264 g/mol. The Morgan fingerprint density at radius 3 is 2.33 bits per heavy atom. The SMILES string of the molecule is CCCNC(COC1CC(C)CC(C)C1)(C(N)=O)C1CC1. The third kappa shape index (κ3) is 4.19. The van der Waals surface area contributed by atoms with Gasteiger partial charge in [-0.25, -0.2) is 0 Å². The number of carbonyl (C=O) groups is 1. The smallest absolute Gasteiger partial charge is 0.240 e. The first-order valence-electron chi connectivity index (χ1n) is 8.64. The van der Waals surface area contributed by atoms with Crippen LogP contribution < -0.4 is 11.1 Å². The minimum Gasteiger partial charge on any atom is -0.376 e. The summed E-state index contributed by atoms with van der Waals surface area (Å²) in [7, 11) is 0. The maximum Gasteiger partial charge on any atom is 0.240 e. The molecule has 0 bridgehead atoms. The van der Waals surface area contributed by atoms with Gasteiger partial charge in [-0.15, -0.1) is 0 Å². The van der Waals surface area contributed by atoms with Gasteiger partial charge in [-0.1, -0.05) is 20.8 Å². The maximum atomic E-state index is 12.1. The molecule has 2 aliphatic rings. The van der Waals surface area contributed by atoms with Crippen molar-refractivity contribution in [1.29, 1.82) is 0 Å². The average Bonchev–Trinajstić information content (AvgIpc) is 3.22. The zero-order chi connectivity index (χ0) is 15.5. The van der Waals surface area contributed by atoms with Crippen LogP contribution in [0.5, 0.6) is 0 Å². The van der Waals surface area contributed by atoms with E-state index in [-0.39, 0.29) is 12.0 Å². The van der Waals surface area contributed by atoms with Gasteiger partial charge in [0.25, 0.3) is 0 Å². The van der Waals surface area contributed by atoms with Crippen LogP contribution in [0.4, 0.5) is 0 Å². The number of ether oxygens (including phenoxy) is 1. The van der Waals surface area contributed by atoms with Crippen LogP contribution in [-0.2, 0) is 9.53 Å². The highest BCUT2D eigenvalue weighted by molar-refractivity contribution is 5.85. The van der Waals surface area contributed by atoms with Crippen molar-refractivity contribution in [3.8, 4) is 0 Å². The molecular formula is C17H32N2O2. The van der Waals surface area contributed by atoms with E-state index < -0.39 is 5.54 Å². The third-order valence-corrected chi connectivity index (χ3v) is 5.09. The highest BCUT2D eigenvalue weighted by Gasteiger charge is 2.50. The molecule has 3 unspecified atom stereocenters. The number of rotatable bonds is 8. The fourth-order valence-electron chi connectivity index (χ4n) is 3.86. The molecule has 0 aliphatic heterocycles. The summed E-state index contributed by atoms with van der Waals surface area (Å²) < 4.78 is 6.19. The predicted octanol–water partition coefficient (Wildman–Crippen LogP) is 2.46. The number of nitrogens with two attached hydrogens (primary N) is 1. The lowest BCUT2D eigenvalue weighted by molar-refractivity contribution is -0.130. The van der Waals surface area contributed by atoms with Gasteiger partial charge in [0.15, 0.2) is 0 Å². The van der Waals surface area contributed by atoms with Crippen LogP contribution in [0.15, 0.2) is 0 Å². The van der Waals surface area contributed by atoms with E-state index in [1.54, 1.807) is 0 Å². The van der Waals surface area contributed by atoms with E-state index in [9.17, 15) is 4.79 Å². The molecule has 122 valence electrons. The second kappa shape index (κ2) is 7.10. The van der Waals surface area contributed by atoms with Crippen molar-refractivity contribution in [1.82, 2.24) is 5.32 Å². The van der Waals surface area contributed by atoms with E-state index in [0.717, 1.165) is 38.6 Å². The molecule has 2 rings (SSSR count). The van der Waals surface area contributed by atoms with Crippen molar-refractivity contribution in [2.45, 2.75) is 70.9 Å². The lowest BCUT2D eigenvalue weighted by Crippen LogP contribution is -2.61. The highest BCUT2D eigenvalue weighted by Crippen LogP contribution is 2.41. The lowest BCUT2D eigenvalue weighted by Gasteiger charge is -2.36. The number of carbonyl (C=O) groups excluding carboxylic acids is 1. The number of nitrogens with one attached hydrogen (secondary N) is 1. The second-order valence-corrected chi connectivity index (χ2v) is 7.39. The minimum absolute atomic E-state index is 0.240. The fourth-order valence-corrected chi connectivity index (χ4v) is 3.86. The largest absolute Gasteiger partial charge is 0.376 e. The van der Waals surface area contributed by atoms with Gasteiger partial charge in [0, 0.05) is 0 Å². The number of primary amides is 1. The second-order valence-electron chi connectivity index (χ2n) is 7.39. The van der Waals surface area contributed by atoms with Crippen molar-refractivity contribution in [2.24, 2.45) is 23.5 Å². The first kappa shape index (κ1) is 16.8. The summed E-state index contributed by atoms with van der Waals surface area (Å²) in [5, 5.41) is 3.41. The molecule has 0 heterocycles. The molecule has 4 nitrogen and oxygen atoms in total. The highest BCUT2D eigenvalue weighted by atomic mass is 16.5. The summed E-state index contributed by atoms with van der Waals surface area (Å²) >= 11 is 0. The van der Waals surface area contributed by atoms with Gasteiger partial charge in [-0.05, 0) is 62.8 Å². The Morgan fingerprint density at radius 2 is 1.86 bits per heavy atom. The number of hydrogen-bond donors (Lipinski definition) is 2. The Balaban J connectivity index is 1.96. The Morgan fingerprint density at radius 1 is 1.24 bits per heavy atom. The van der Waals surface area contributed by atoms with Crippen LogP contribution in [0.2, 0.25) is 0 Å². The Hall–Kier alpha value is -0.610. The summed E-state index contributed by atoms with van der Waals surface area (Å²) in [5.74, 6) is 1.55. The molecule has 0 aromatic rings. The predicted molar refractivity (Wildman–Crippen MR) is 84.9 cm³/mol. The summed E-state index contributed by atoms with van der Waals surface area (Å²) in [5.41, 5.74) is 5.10. The van der Waals surface area contributed by atoms with E-state index in [4.69, 9.17) is 10.5 Å². The molecule has 2 aliphatic carbocycles. The molecule has 0 aromatic heterocycles. The van der Waals surface area contributed by atoms with Crippen molar-refractivity contribution < 1.29 is 9.53 Å². The van der Waals surface area contributed by atoms with E-state index >= 15 is 0 Å². The van der Waals surface area contributed by atoms with Gasteiger partial charge < -0.3 is 15.8 Å². The maximum absolute atomic E-state index is 12.1. The van der Waals surface area contributed by atoms with Crippen LogP contribution in [0.3, 0.4) is 0 Å². The zero-order valence-corrected chi connectivity index (χ0v) is 13.9. The summed E-state index contributed by atoms with van der Waals surface area (Å²) in [6.07, 6.45) is 6.96. The first-order chi connectivity index (χ1) is 9.98. The summed E-state index contributed by atoms with van der Waals surface area (Å²) in [6, 6.07) is 0. The van der Waals surface area contributed by atoms with Crippen LogP contribution in [0, 0.1) is 17.8 Å². The van der Waals surface area contributed by atoms with Crippen molar-refractivity contribution in [2.75, 3.05) is 13.2 Å². The topological polar surface area (TPSA) is 64.3 Å². The summed E-state index contributed by atoms with van der Waals surface area (Å²) in [6.45, 7) is 7.96. The molecule has 21 heavy (non-hydrogen) atoms. The van der Waals surface area contributed by atoms with Crippen molar-refractivity contribution in [3.05, 3.63) is 0 Å². The van der Waals surface area contributed by atoms with Crippen LogP contribution >= 0.6 is 0 Å². The van der Waals surface area contributed by atoms with Gasteiger partial charge in [0.05, 0.1) is 12.7 Å². The van der Waals surface area contributed by atoms with Crippen molar-refractivity contribution in [3.63, 3.8) is 0 Å². The van der Waals surface area contributed by atoms with Crippen LogP contribution in [0.25, 0.3) is 0 Å². The van der Waals surface area contributed by atoms with Crippen molar-refractivity contribution >= 4 is 5.91 Å². The monoisotopic (exact) mass is 296 g/mol. The lowest BCUT2D eigenvalue weighted by atomic mass is 9.81. The van der Waals surface area contributed by atoms with Gasteiger partial charge in [0.1, 0.15) is 5.54 Å². The number of hydrogen-bond acceptors (Lipinski definition) is 3. The Labute approximate surface area is 129 Å². The Kier molecular flexibility index (Phi) is 5.67.